The zero-order valence-corrected chi connectivity index (χ0v) is 15.3. The van der Waals surface area contributed by atoms with Crippen molar-refractivity contribution in [3.63, 3.8) is 0 Å². The summed E-state index contributed by atoms with van der Waals surface area (Å²) in [6.45, 7) is 16.2. The molecule has 1 rings (SSSR count). The van der Waals surface area contributed by atoms with Gasteiger partial charge in [-0.15, -0.1) is 0 Å². The Balaban J connectivity index is 3.31. The molecule has 1 aromatic heterocycles. The lowest BCUT2D eigenvalue weighted by molar-refractivity contribution is 0.398. The third kappa shape index (κ3) is 4.89. The molecule has 19 heavy (non-hydrogen) atoms. The predicted octanol–water partition coefficient (Wildman–Crippen LogP) is 4.40. The van der Waals surface area contributed by atoms with Gasteiger partial charge in [0.05, 0.1) is 9.26 Å². The Morgan fingerprint density at radius 2 is 1.63 bits per heavy atom. The number of anilines is 1. The fourth-order valence-corrected chi connectivity index (χ4v) is 3.07. The Morgan fingerprint density at radius 3 is 2.05 bits per heavy atom. The number of aromatic nitrogens is 2. The molecule has 0 aliphatic carbocycles. The minimum absolute atomic E-state index is 0.0380. The Hall–Kier alpha value is -0.390. The van der Waals surface area contributed by atoms with E-state index >= 15 is 0 Å². The van der Waals surface area contributed by atoms with Gasteiger partial charge in [0, 0.05) is 18.4 Å². The second-order valence-electron chi connectivity index (χ2n) is 7.17. The van der Waals surface area contributed by atoms with Crippen LogP contribution in [0.15, 0.2) is 0 Å². The van der Waals surface area contributed by atoms with Crippen molar-refractivity contribution in [2.24, 2.45) is 5.41 Å². The van der Waals surface area contributed by atoms with E-state index in [1.54, 1.807) is 0 Å². The summed E-state index contributed by atoms with van der Waals surface area (Å²) in [4.78, 5) is 9.51. The molecule has 0 saturated heterocycles. The van der Waals surface area contributed by atoms with Crippen LogP contribution >= 0.6 is 22.6 Å². The Labute approximate surface area is 131 Å². The summed E-state index contributed by atoms with van der Waals surface area (Å²) in [5, 5.41) is 3.36. The molecule has 0 unspecified atom stereocenters. The van der Waals surface area contributed by atoms with E-state index in [1.165, 1.54) is 0 Å². The van der Waals surface area contributed by atoms with E-state index < -0.39 is 0 Å². The van der Waals surface area contributed by atoms with E-state index in [9.17, 15) is 0 Å². The summed E-state index contributed by atoms with van der Waals surface area (Å²) in [6, 6.07) is 0. The van der Waals surface area contributed by atoms with Crippen LogP contribution in [0.1, 0.15) is 60.0 Å². The van der Waals surface area contributed by atoms with Crippen molar-refractivity contribution in [3.8, 4) is 0 Å². The van der Waals surface area contributed by atoms with Crippen LogP contribution in [0.4, 0.5) is 5.82 Å². The average molecular weight is 375 g/mol. The van der Waals surface area contributed by atoms with Gasteiger partial charge in [-0.1, -0.05) is 41.5 Å². The van der Waals surface area contributed by atoms with Crippen molar-refractivity contribution >= 4 is 28.4 Å². The molecule has 0 bridgehead atoms. The molecule has 1 aromatic rings. The molecule has 4 heteroatoms. The van der Waals surface area contributed by atoms with Crippen molar-refractivity contribution in [2.75, 3.05) is 11.9 Å². The normalized spacial score (nSPS) is 12.6. The summed E-state index contributed by atoms with van der Waals surface area (Å²) in [7, 11) is 0. The lowest BCUT2D eigenvalue weighted by atomic mass is 9.90. The van der Waals surface area contributed by atoms with E-state index in [0.29, 0.717) is 0 Å². The zero-order valence-electron chi connectivity index (χ0n) is 13.2. The third-order valence-corrected chi connectivity index (χ3v) is 3.66. The highest BCUT2D eigenvalue weighted by atomic mass is 127. The molecule has 0 fully saturated rings. The van der Waals surface area contributed by atoms with Crippen molar-refractivity contribution in [3.05, 3.63) is 15.1 Å². The smallest absolute Gasteiger partial charge is 0.143 e. The predicted molar refractivity (Wildman–Crippen MR) is 90.8 cm³/mol. The first kappa shape index (κ1) is 16.7. The standard InChI is InChI=1S/C15H26IN3/c1-8-17-13-11(16)12(15(5,6)7)18-10(19-13)9-14(2,3)4/h8-9H2,1-7H3,(H,17,18,19). The van der Waals surface area contributed by atoms with Crippen LogP contribution in [0.5, 0.6) is 0 Å². The van der Waals surface area contributed by atoms with Gasteiger partial charge in [-0.2, -0.15) is 0 Å². The van der Waals surface area contributed by atoms with Crippen LogP contribution < -0.4 is 5.32 Å². The highest BCUT2D eigenvalue weighted by Crippen LogP contribution is 2.30. The van der Waals surface area contributed by atoms with E-state index in [4.69, 9.17) is 9.97 Å². The molecule has 3 nitrogen and oxygen atoms in total. The topological polar surface area (TPSA) is 37.8 Å². The molecule has 0 amide bonds. The van der Waals surface area contributed by atoms with Crippen molar-refractivity contribution in [2.45, 2.75) is 60.3 Å². The minimum atomic E-state index is 0.0380. The summed E-state index contributed by atoms with van der Waals surface area (Å²) >= 11 is 2.36. The van der Waals surface area contributed by atoms with Gasteiger partial charge in [0.2, 0.25) is 0 Å². The van der Waals surface area contributed by atoms with Gasteiger partial charge in [-0.25, -0.2) is 9.97 Å². The maximum atomic E-state index is 4.81. The fourth-order valence-electron chi connectivity index (χ4n) is 1.83. The number of hydrogen-bond acceptors (Lipinski definition) is 3. The number of hydrogen-bond donors (Lipinski definition) is 1. The van der Waals surface area contributed by atoms with E-state index in [0.717, 1.165) is 33.9 Å². The lowest BCUT2D eigenvalue weighted by Gasteiger charge is -2.24. The minimum Gasteiger partial charge on any atom is -0.369 e. The van der Waals surface area contributed by atoms with Gasteiger partial charge in [0.1, 0.15) is 11.6 Å². The van der Waals surface area contributed by atoms with Gasteiger partial charge in [0.15, 0.2) is 0 Å². The molecular formula is C15H26IN3. The van der Waals surface area contributed by atoms with Crippen LogP contribution in [-0.4, -0.2) is 16.5 Å². The second kappa shape index (κ2) is 5.94. The highest BCUT2D eigenvalue weighted by molar-refractivity contribution is 14.1. The van der Waals surface area contributed by atoms with Crippen LogP contribution in [-0.2, 0) is 11.8 Å². The van der Waals surface area contributed by atoms with Crippen molar-refractivity contribution in [1.82, 2.24) is 9.97 Å². The van der Waals surface area contributed by atoms with Crippen LogP contribution in [0, 0.1) is 8.99 Å². The first-order valence-corrected chi connectivity index (χ1v) is 7.93. The van der Waals surface area contributed by atoms with Crippen LogP contribution in [0.25, 0.3) is 0 Å². The molecule has 0 radical (unpaired) electrons. The number of rotatable bonds is 3. The Bertz CT molecular complexity index is 442. The molecule has 0 aromatic carbocycles. The molecule has 1 heterocycles. The number of nitrogens with one attached hydrogen (secondary N) is 1. The molecule has 0 aliphatic heterocycles. The van der Waals surface area contributed by atoms with Crippen molar-refractivity contribution in [1.29, 1.82) is 0 Å². The quantitative estimate of drug-likeness (QED) is 0.796. The van der Waals surface area contributed by atoms with E-state index in [-0.39, 0.29) is 10.8 Å². The second-order valence-corrected chi connectivity index (χ2v) is 8.25. The van der Waals surface area contributed by atoms with E-state index in [1.807, 2.05) is 0 Å². The van der Waals surface area contributed by atoms with E-state index in [2.05, 4.69) is 76.4 Å². The molecule has 0 atom stereocenters. The number of nitrogens with zero attached hydrogens (tertiary/aromatic N) is 2. The first-order chi connectivity index (χ1) is 8.54. The molecule has 0 spiro atoms. The van der Waals surface area contributed by atoms with Gasteiger partial charge in [0.25, 0.3) is 0 Å². The maximum absolute atomic E-state index is 4.81. The van der Waals surface area contributed by atoms with Crippen LogP contribution in [0.3, 0.4) is 0 Å². The third-order valence-electron chi connectivity index (χ3n) is 2.64. The molecule has 1 N–H and O–H groups in total. The summed E-state index contributed by atoms with van der Waals surface area (Å²) in [6.07, 6.45) is 0.894. The highest BCUT2D eigenvalue weighted by Gasteiger charge is 2.24. The Kier molecular flexibility index (Phi) is 5.21. The summed E-state index contributed by atoms with van der Waals surface area (Å²) < 4.78 is 1.14. The zero-order chi connectivity index (χ0) is 14.8. The number of halogens is 1. The maximum Gasteiger partial charge on any atom is 0.143 e. The summed E-state index contributed by atoms with van der Waals surface area (Å²) in [5.41, 5.74) is 1.38. The van der Waals surface area contributed by atoms with Crippen LogP contribution in [0.2, 0.25) is 0 Å². The average Bonchev–Trinajstić information content (AvgIpc) is 2.19. The SMILES string of the molecule is CCNc1nc(CC(C)(C)C)nc(C(C)(C)C)c1I. The van der Waals surface area contributed by atoms with Gasteiger partial charge >= 0.3 is 0 Å². The first-order valence-electron chi connectivity index (χ1n) is 6.85. The molecule has 0 aliphatic rings. The largest absolute Gasteiger partial charge is 0.369 e. The lowest BCUT2D eigenvalue weighted by Crippen LogP contribution is -2.22. The summed E-state index contributed by atoms with van der Waals surface area (Å²) in [5.74, 6) is 1.91. The van der Waals surface area contributed by atoms with Gasteiger partial charge < -0.3 is 5.32 Å². The Morgan fingerprint density at radius 1 is 1.05 bits per heavy atom. The fraction of sp³-hybridized carbons (Fsp3) is 0.733. The monoisotopic (exact) mass is 375 g/mol. The van der Waals surface area contributed by atoms with Gasteiger partial charge in [-0.3, -0.25) is 0 Å². The van der Waals surface area contributed by atoms with Crippen molar-refractivity contribution < 1.29 is 0 Å². The van der Waals surface area contributed by atoms with Gasteiger partial charge in [-0.05, 0) is 34.9 Å². The molecule has 108 valence electrons. The molecule has 0 saturated carbocycles. The molecular weight excluding hydrogens is 349 g/mol.